The molecule has 5 amide bonds. The number of hydrogen-bond acceptors (Lipinski definition) is 8. The number of fused-ring (bicyclic) bond motifs is 1. The van der Waals surface area contributed by atoms with Gasteiger partial charge in [-0.1, -0.05) is 6.07 Å². The number of rotatable bonds is 5. The van der Waals surface area contributed by atoms with Crippen molar-refractivity contribution in [3.8, 4) is 5.88 Å². The first-order chi connectivity index (χ1) is 15.4. The third kappa shape index (κ3) is 4.04. The minimum atomic E-state index is -0.748. The molecule has 1 aromatic carbocycles. The second-order valence-electron chi connectivity index (χ2n) is 7.24. The van der Waals surface area contributed by atoms with Gasteiger partial charge in [-0.2, -0.15) is 0 Å². The van der Waals surface area contributed by atoms with E-state index in [0.717, 1.165) is 0 Å². The number of hydrogen-bond donors (Lipinski definition) is 2. The molecule has 0 spiro atoms. The van der Waals surface area contributed by atoms with E-state index in [1.54, 1.807) is 13.0 Å². The SMILES string of the molecule is CCOc1ccc(C(=O)NC(=O)c2ccc3c(c2)C(=O)N(C2CCC(=O)NC2=O)C3)nn1. The summed E-state index contributed by atoms with van der Waals surface area (Å²) in [5.74, 6) is -2.48. The molecule has 1 unspecified atom stereocenters. The molecule has 1 saturated heterocycles. The molecule has 0 bridgehead atoms. The van der Waals surface area contributed by atoms with Gasteiger partial charge in [0.2, 0.25) is 17.7 Å². The number of nitrogens with one attached hydrogen (secondary N) is 2. The highest BCUT2D eigenvalue weighted by Gasteiger charge is 2.39. The van der Waals surface area contributed by atoms with E-state index in [0.29, 0.717) is 12.2 Å². The Bertz CT molecular complexity index is 1130. The fourth-order valence-corrected chi connectivity index (χ4v) is 3.60. The van der Waals surface area contributed by atoms with Crippen LogP contribution in [0.15, 0.2) is 30.3 Å². The number of benzene rings is 1. The molecule has 11 heteroatoms. The fourth-order valence-electron chi connectivity index (χ4n) is 3.60. The topological polar surface area (TPSA) is 148 Å². The molecule has 2 aliphatic heterocycles. The van der Waals surface area contributed by atoms with Crippen molar-refractivity contribution < 1.29 is 28.7 Å². The van der Waals surface area contributed by atoms with E-state index < -0.39 is 29.7 Å². The number of imide groups is 2. The summed E-state index contributed by atoms with van der Waals surface area (Å²) in [7, 11) is 0. The van der Waals surface area contributed by atoms with E-state index in [4.69, 9.17) is 4.74 Å². The van der Waals surface area contributed by atoms with Crippen molar-refractivity contribution in [2.45, 2.75) is 32.4 Å². The summed E-state index contributed by atoms with van der Waals surface area (Å²) in [6.07, 6.45) is 0.399. The number of carbonyl (C=O) groups excluding carboxylic acids is 5. The summed E-state index contributed by atoms with van der Waals surface area (Å²) in [6.45, 7) is 2.38. The van der Waals surface area contributed by atoms with Crippen LogP contribution >= 0.6 is 0 Å². The van der Waals surface area contributed by atoms with Crippen LogP contribution in [0.1, 0.15) is 56.5 Å². The lowest BCUT2D eigenvalue weighted by Crippen LogP contribution is -2.52. The van der Waals surface area contributed by atoms with Crippen LogP contribution in [0.4, 0.5) is 0 Å². The maximum Gasteiger partial charge on any atom is 0.278 e. The van der Waals surface area contributed by atoms with Gasteiger partial charge in [0.25, 0.3) is 17.7 Å². The molecule has 2 N–H and O–H groups in total. The molecule has 1 aromatic heterocycles. The normalized spacial score (nSPS) is 17.6. The van der Waals surface area contributed by atoms with E-state index >= 15 is 0 Å². The number of amides is 5. The molecule has 3 heterocycles. The smallest absolute Gasteiger partial charge is 0.278 e. The number of piperidine rings is 1. The minimum absolute atomic E-state index is 0.0666. The molecule has 2 aliphatic rings. The highest BCUT2D eigenvalue weighted by atomic mass is 16.5. The Morgan fingerprint density at radius 1 is 1.16 bits per heavy atom. The Kier molecular flexibility index (Phi) is 5.63. The second kappa shape index (κ2) is 8.53. The zero-order valence-electron chi connectivity index (χ0n) is 17.1. The van der Waals surface area contributed by atoms with Gasteiger partial charge in [-0.15, -0.1) is 10.2 Å². The maximum absolute atomic E-state index is 12.9. The molecule has 164 valence electrons. The summed E-state index contributed by atoms with van der Waals surface area (Å²) in [5, 5.41) is 11.9. The average molecular weight is 437 g/mol. The zero-order valence-corrected chi connectivity index (χ0v) is 17.1. The van der Waals surface area contributed by atoms with Crippen LogP contribution in [-0.2, 0) is 16.1 Å². The van der Waals surface area contributed by atoms with E-state index in [1.165, 1.54) is 29.2 Å². The largest absolute Gasteiger partial charge is 0.477 e. The van der Waals surface area contributed by atoms with Gasteiger partial charge in [0.15, 0.2) is 5.69 Å². The average Bonchev–Trinajstić information content (AvgIpc) is 3.10. The molecular formula is C21H19N5O6. The number of aromatic nitrogens is 2. The molecule has 1 fully saturated rings. The number of carbonyl (C=O) groups is 5. The third-order valence-corrected chi connectivity index (χ3v) is 5.18. The standard InChI is InChI=1S/C21H19N5O6/c1-2-32-17-8-5-14(24-25-17)19(29)23-18(28)11-3-4-12-10-26(21(31)13(12)9-11)15-6-7-16(27)22-20(15)30/h3-5,8-9,15H,2,6-7,10H2,1H3,(H,22,27,30)(H,23,28,29). The lowest BCUT2D eigenvalue weighted by Gasteiger charge is -2.29. The van der Waals surface area contributed by atoms with Crippen LogP contribution < -0.4 is 15.4 Å². The first-order valence-electron chi connectivity index (χ1n) is 9.97. The maximum atomic E-state index is 12.9. The molecular weight excluding hydrogens is 418 g/mol. The second-order valence-corrected chi connectivity index (χ2v) is 7.24. The summed E-state index contributed by atoms with van der Waals surface area (Å²) in [5.41, 5.74) is 0.966. The van der Waals surface area contributed by atoms with Crippen molar-refractivity contribution in [2.75, 3.05) is 6.61 Å². The number of ether oxygens (including phenoxy) is 1. The van der Waals surface area contributed by atoms with Crippen molar-refractivity contribution in [1.29, 1.82) is 0 Å². The van der Waals surface area contributed by atoms with Crippen molar-refractivity contribution in [2.24, 2.45) is 0 Å². The molecule has 0 radical (unpaired) electrons. The zero-order chi connectivity index (χ0) is 22.8. The molecule has 1 atom stereocenters. The van der Waals surface area contributed by atoms with Gasteiger partial charge in [0, 0.05) is 30.2 Å². The van der Waals surface area contributed by atoms with E-state index in [2.05, 4.69) is 20.8 Å². The van der Waals surface area contributed by atoms with Gasteiger partial charge in [0.05, 0.1) is 6.61 Å². The van der Waals surface area contributed by atoms with E-state index in [-0.39, 0.29) is 48.0 Å². The van der Waals surface area contributed by atoms with Crippen LogP contribution in [-0.4, -0.2) is 57.3 Å². The van der Waals surface area contributed by atoms with Gasteiger partial charge in [0.1, 0.15) is 6.04 Å². The quantitative estimate of drug-likeness (QED) is 0.631. The van der Waals surface area contributed by atoms with Gasteiger partial charge in [-0.25, -0.2) is 0 Å². The summed E-state index contributed by atoms with van der Waals surface area (Å²) in [4.78, 5) is 62.6. The summed E-state index contributed by atoms with van der Waals surface area (Å²) >= 11 is 0. The Labute approximate surface area is 182 Å². The molecule has 11 nitrogen and oxygen atoms in total. The number of nitrogens with zero attached hydrogens (tertiary/aromatic N) is 3. The van der Waals surface area contributed by atoms with Crippen molar-refractivity contribution >= 4 is 29.5 Å². The third-order valence-electron chi connectivity index (χ3n) is 5.18. The Balaban J connectivity index is 1.46. The monoisotopic (exact) mass is 437 g/mol. The summed E-state index contributed by atoms with van der Waals surface area (Å²) < 4.78 is 5.16. The molecule has 0 aliphatic carbocycles. The lowest BCUT2D eigenvalue weighted by molar-refractivity contribution is -0.136. The predicted molar refractivity (Wildman–Crippen MR) is 107 cm³/mol. The first-order valence-corrected chi connectivity index (χ1v) is 9.97. The van der Waals surface area contributed by atoms with E-state index in [9.17, 15) is 24.0 Å². The Hall–Kier alpha value is -4.15. The van der Waals surface area contributed by atoms with Gasteiger partial charge < -0.3 is 9.64 Å². The van der Waals surface area contributed by atoms with Crippen molar-refractivity contribution in [3.05, 3.63) is 52.7 Å². The van der Waals surface area contributed by atoms with Gasteiger partial charge >= 0.3 is 0 Å². The highest BCUT2D eigenvalue weighted by molar-refractivity contribution is 6.11. The molecule has 4 rings (SSSR count). The highest BCUT2D eigenvalue weighted by Crippen LogP contribution is 2.28. The van der Waals surface area contributed by atoms with Crippen LogP contribution in [0.25, 0.3) is 0 Å². The first kappa shape index (κ1) is 21.1. The summed E-state index contributed by atoms with van der Waals surface area (Å²) in [6, 6.07) is 6.58. The molecule has 32 heavy (non-hydrogen) atoms. The predicted octanol–water partition coefficient (Wildman–Crippen LogP) is 0.206. The minimum Gasteiger partial charge on any atom is -0.477 e. The molecule has 0 saturated carbocycles. The van der Waals surface area contributed by atoms with Crippen molar-refractivity contribution in [1.82, 2.24) is 25.7 Å². The molecule has 2 aromatic rings. The lowest BCUT2D eigenvalue weighted by atomic mass is 10.0. The van der Waals surface area contributed by atoms with E-state index in [1.807, 2.05) is 0 Å². The Morgan fingerprint density at radius 2 is 1.97 bits per heavy atom. The van der Waals surface area contributed by atoms with Gasteiger partial charge in [-0.05, 0) is 37.1 Å². The van der Waals surface area contributed by atoms with Crippen LogP contribution in [0.5, 0.6) is 5.88 Å². The van der Waals surface area contributed by atoms with Crippen LogP contribution in [0.3, 0.4) is 0 Å². The Morgan fingerprint density at radius 3 is 2.66 bits per heavy atom. The van der Waals surface area contributed by atoms with Crippen molar-refractivity contribution in [3.63, 3.8) is 0 Å². The van der Waals surface area contributed by atoms with Gasteiger partial charge in [-0.3, -0.25) is 34.6 Å². The van der Waals surface area contributed by atoms with Crippen LogP contribution in [0.2, 0.25) is 0 Å². The fraction of sp³-hybridized carbons (Fsp3) is 0.286. The van der Waals surface area contributed by atoms with Crippen LogP contribution in [0, 0.1) is 0 Å².